The lowest BCUT2D eigenvalue weighted by molar-refractivity contribution is 0.296. The molecule has 0 radical (unpaired) electrons. The molecule has 0 bridgehead atoms. The summed E-state index contributed by atoms with van der Waals surface area (Å²) in [5, 5.41) is 8.03. The van der Waals surface area contributed by atoms with Crippen molar-refractivity contribution in [2.45, 2.75) is 6.61 Å². The molecule has 2 aromatic rings. The number of rotatable bonds is 3. The van der Waals surface area contributed by atoms with Crippen LogP contribution in [0.3, 0.4) is 0 Å². The Morgan fingerprint density at radius 3 is 2.35 bits per heavy atom. The van der Waals surface area contributed by atoms with Gasteiger partial charge in [-0.15, -0.1) is 5.10 Å². The highest BCUT2D eigenvalue weighted by molar-refractivity contribution is 9.11. The zero-order valence-corrected chi connectivity index (χ0v) is 12.5. The molecule has 0 aliphatic heterocycles. The van der Waals surface area contributed by atoms with Crippen molar-refractivity contribution >= 4 is 43.5 Å². The van der Waals surface area contributed by atoms with Crippen molar-refractivity contribution in [2.75, 3.05) is 0 Å². The van der Waals surface area contributed by atoms with Crippen molar-refractivity contribution in [1.82, 2.24) is 10.2 Å². The second kappa shape index (κ2) is 5.80. The lowest BCUT2D eigenvalue weighted by Gasteiger charge is -2.09. The van der Waals surface area contributed by atoms with Crippen LogP contribution in [0.4, 0.5) is 0 Å². The minimum atomic E-state index is 0.339. The van der Waals surface area contributed by atoms with Crippen molar-refractivity contribution in [3.8, 4) is 5.75 Å². The Morgan fingerprint density at radius 1 is 1.06 bits per heavy atom. The largest absolute Gasteiger partial charge is 0.485 e. The molecular weight excluding hydrogens is 371 g/mol. The molecule has 88 valence electrons. The molecule has 1 heterocycles. The summed E-state index contributed by atoms with van der Waals surface area (Å²) >= 11 is 12.5. The lowest BCUT2D eigenvalue weighted by Crippen LogP contribution is -2.00. The quantitative estimate of drug-likeness (QED) is 0.802. The third kappa shape index (κ3) is 3.40. The van der Waals surface area contributed by atoms with E-state index in [-0.39, 0.29) is 0 Å². The predicted octanol–water partition coefficient (Wildman–Crippen LogP) is 4.23. The van der Waals surface area contributed by atoms with Crippen LogP contribution < -0.4 is 4.74 Å². The van der Waals surface area contributed by atoms with Crippen LogP contribution in [0.5, 0.6) is 5.75 Å². The molecule has 0 saturated carbocycles. The Labute approximate surface area is 120 Å². The number of hydrogen-bond acceptors (Lipinski definition) is 3. The smallest absolute Gasteiger partial charge is 0.151 e. The van der Waals surface area contributed by atoms with E-state index in [1.54, 1.807) is 12.1 Å². The second-order valence-electron chi connectivity index (χ2n) is 3.19. The summed E-state index contributed by atoms with van der Waals surface area (Å²) in [4.78, 5) is 0. The molecule has 0 fully saturated rings. The maximum absolute atomic E-state index is 5.65. The molecule has 0 unspecified atom stereocenters. The molecule has 1 aromatic carbocycles. The van der Waals surface area contributed by atoms with E-state index < -0.39 is 0 Å². The third-order valence-corrected chi connectivity index (χ3v) is 3.42. The van der Waals surface area contributed by atoms with Crippen molar-refractivity contribution < 1.29 is 4.74 Å². The van der Waals surface area contributed by atoms with Crippen LogP contribution in [0, 0.1) is 0 Å². The molecule has 0 amide bonds. The molecule has 0 N–H and O–H groups in total. The molecular formula is C11H7Br2ClN2O. The first-order valence-corrected chi connectivity index (χ1v) is 6.68. The number of halogens is 3. The Hall–Kier alpha value is -0.650. The van der Waals surface area contributed by atoms with Gasteiger partial charge in [0.2, 0.25) is 0 Å². The van der Waals surface area contributed by atoms with Gasteiger partial charge < -0.3 is 4.74 Å². The number of aromatic nitrogens is 2. The van der Waals surface area contributed by atoms with Gasteiger partial charge in [-0.2, -0.15) is 5.10 Å². The number of benzene rings is 1. The first-order chi connectivity index (χ1) is 8.16. The SMILES string of the molecule is Clc1ccc(COc2c(Br)cccc2Br)nn1. The topological polar surface area (TPSA) is 35.0 Å². The molecule has 0 saturated heterocycles. The van der Waals surface area contributed by atoms with Crippen LogP contribution in [-0.2, 0) is 6.61 Å². The summed E-state index contributed by atoms with van der Waals surface area (Å²) in [5.74, 6) is 0.740. The maximum atomic E-state index is 5.65. The van der Waals surface area contributed by atoms with Crippen LogP contribution in [0.1, 0.15) is 5.69 Å². The Bertz CT molecular complexity index is 499. The molecule has 2 rings (SSSR count). The van der Waals surface area contributed by atoms with Gasteiger partial charge in [-0.3, -0.25) is 0 Å². The van der Waals surface area contributed by atoms with Gasteiger partial charge in [0.25, 0.3) is 0 Å². The highest BCUT2D eigenvalue weighted by atomic mass is 79.9. The third-order valence-electron chi connectivity index (χ3n) is 1.97. The monoisotopic (exact) mass is 376 g/mol. The zero-order valence-electron chi connectivity index (χ0n) is 8.53. The van der Waals surface area contributed by atoms with E-state index in [0.717, 1.165) is 20.4 Å². The van der Waals surface area contributed by atoms with E-state index in [4.69, 9.17) is 16.3 Å². The summed E-state index contributed by atoms with van der Waals surface area (Å²) in [5.41, 5.74) is 0.719. The summed E-state index contributed by atoms with van der Waals surface area (Å²) < 4.78 is 7.42. The van der Waals surface area contributed by atoms with Crippen molar-refractivity contribution in [2.24, 2.45) is 0 Å². The van der Waals surface area contributed by atoms with E-state index in [0.29, 0.717) is 11.8 Å². The Morgan fingerprint density at radius 2 is 1.76 bits per heavy atom. The van der Waals surface area contributed by atoms with Gasteiger partial charge in [-0.25, -0.2) is 0 Å². The van der Waals surface area contributed by atoms with E-state index in [1.165, 1.54) is 0 Å². The molecule has 0 spiro atoms. The summed E-state index contributed by atoms with van der Waals surface area (Å²) in [7, 11) is 0. The summed E-state index contributed by atoms with van der Waals surface area (Å²) in [6.45, 7) is 0.339. The highest BCUT2D eigenvalue weighted by Gasteiger charge is 2.06. The maximum Gasteiger partial charge on any atom is 0.151 e. The molecule has 17 heavy (non-hydrogen) atoms. The van der Waals surface area contributed by atoms with Gasteiger partial charge in [0, 0.05) is 0 Å². The normalized spacial score (nSPS) is 10.3. The standard InChI is InChI=1S/C11H7Br2ClN2O/c12-8-2-1-3-9(13)11(8)17-6-7-4-5-10(14)16-15-7/h1-5H,6H2. The average molecular weight is 378 g/mol. The molecule has 3 nitrogen and oxygen atoms in total. The average Bonchev–Trinajstić information content (AvgIpc) is 2.31. The van der Waals surface area contributed by atoms with Crippen LogP contribution in [0.15, 0.2) is 39.3 Å². The fourth-order valence-electron chi connectivity index (χ4n) is 1.19. The van der Waals surface area contributed by atoms with Crippen molar-refractivity contribution in [3.63, 3.8) is 0 Å². The van der Waals surface area contributed by atoms with Gasteiger partial charge in [0.15, 0.2) is 5.15 Å². The van der Waals surface area contributed by atoms with E-state index in [2.05, 4.69) is 42.1 Å². The van der Waals surface area contributed by atoms with E-state index >= 15 is 0 Å². The van der Waals surface area contributed by atoms with Gasteiger partial charge in [0.1, 0.15) is 18.1 Å². The minimum Gasteiger partial charge on any atom is -0.485 e. The first-order valence-electron chi connectivity index (χ1n) is 4.72. The van der Waals surface area contributed by atoms with Gasteiger partial charge in [-0.1, -0.05) is 17.7 Å². The van der Waals surface area contributed by atoms with E-state index in [1.807, 2.05) is 18.2 Å². The number of hydrogen-bond donors (Lipinski definition) is 0. The van der Waals surface area contributed by atoms with Gasteiger partial charge in [-0.05, 0) is 56.1 Å². The van der Waals surface area contributed by atoms with Gasteiger partial charge >= 0.3 is 0 Å². The van der Waals surface area contributed by atoms with Crippen LogP contribution in [0.2, 0.25) is 5.15 Å². The molecule has 0 atom stereocenters. The molecule has 1 aromatic heterocycles. The molecule has 0 aliphatic rings. The highest BCUT2D eigenvalue weighted by Crippen LogP contribution is 2.33. The lowest BCUT2D eigenvalue weighted by atomic mass is 10.3. The van der Waals surface area contributed by atoms with Crippen molar-refractivity contribution in [3.05, 3.63) is 50.1 Å². The number of para-hydroxylation sites is 1. The van der Waals surface area contributed by atoms with Crippen LogP contribution in [0.25, 0.3) is 0 Å². The van der Waals surface area contributed by atoms with Gasteiger partial charge in [0.05, 0.1) is 8.95 Å². The Balaban J connectivity index is 2.10. The minimum absolute atomic E-state index is 0.339. The zero-order chi connectivity index (χ0) is 12.3. The Kier molecular flexibility index (Phi) is 4.36. The second-order valence-corrected chi connectivity index (χ2v) is 5.28. The summed E-state index contributed by atoms with van der Waals surface area (Å²) in [6, 6.07) is 9.20. The molecule has 6 heteroatoms. The van der Waals surface area contributed by atoms with Crippen LogP contribution in [-0.4, -0.2) is 10.2 Å². The van der Waals surface area contributed by atoms with Crippen molar-refractivity contribution in [1.29, 1.82) is 0 Å². The summed E-state index contributed by atoms with van der Waals surface area (Å²) in [6.07, 6.45) is 0. The number of ether oxygens (including phenoxy) is 1. The first kappa shape index (κ1) is 12.8. The number of nitrogens with zero attached hydrogens (tertiary/aromatic N) is 2. The van der Waals surface area contributed by atoms with Crippen LogP contribution >= 0.6 is 43.5 Å². The predicted molar refractivity (Wildman–Crippen MR) is 73.2 cm³/mol. The van der Waals surface area contributed by atoms with E-state index in [9.17, 15) is 0 Å². The fraction of sp³-hybridized carbons (Fsp3) is 0.0909. The fourth-order valence-corrected chi connectivity index (χ4v) is 2.52. The molecule has 0 aliphatic carbocycles.